The molecule has 0 atom stereocenters. The lowest BCUT2D eigenvalue weighted by molar-refractivity contribution is 0.480. The number of hydrogen-bond donors (Lipinski definition) is 0. The SMILES string of the molecule is CC(C)CCn1c(SCc2cc(=O)n3ccccc3n2)nc2c(-c3ccccc3)cn(C)c2c1=O. The number of fused-ring (bicyclic) bond motifs is 2. The fraction of sp³-hybridized carbons (Fsp3) is 0.259. The minimum absolute atomic E-state index is 0.0469. The van der Waals surface area contributed by atoms with Crippen molar-refractivity contribution in [3.05, 3.63) is 93.4 Å². The topological polar surface area (TPSA) is 74.2 Å². The Kier molecular flexibility index (Phi) is 6.30. The van der Waals surface area contributed by atoms with Crippen LogP contribution < -0.4 is 11.1 Å². The van der Waals surface area contributed by atoms with Crippen LogP contribution in [0.5, 0.6) is 0 Å². The van der Waals surface area contributed by atoms with E-state index >= 15 is 0 Å². The van der Waals surface area contributed by atoms with Gasteiger partial charge in [0.25, 0.3) is 11.1 Å². The minimum Gasteiger partial charge on any atom is -0.344 e. The predicted octanol–water partition coefficient (Wildman–Crippen LogP) is 4.75. The summed E-state index contributed by atoms with van der Waals surface area (Å²) in [6, 6.07) is 17.0. The zero-order valence-electron chi connectivity index (χ0n) is 20.0. The van der Waals surface area contributed by atoms with Crippen molar-refractivity contribution < 1.29 is 0 Å². The molecule has 0 aliphatic rings. The molecule has 0 saturated heterocycles. The fourth-order valence-corrected chi connectivity index (χ4v) is 5.10. The molecule has 0 aliphatic carbocycles. The third kappa shape index (κ3) is 4.53. The molecule has 4 aromatic heterocycles. The molecule has 0 amide bonds. The highest BCUT2D eigenvalue weighted by molar-refractivity contribution is 7.98. The van der Waals surface area contributed by atoms with Crippen LogP contribution in [0.25, 0.3) is 27.8 Å². The molecule has 5 rings (SSSR count). The van der Waals surface area contributed by atoms with E-state index < -0.39 is 0 Å². The molecule has 7 nitrogen and oxygen atoms in total. The van der Waals surface area contributed by atoms with E-state index in [0.29, 0.717) is 45.7 Å². The highest BCUT2D eigenvalue weighted by atomic mass is 32.2. The van der Waals surface area contributed by atoms with E-state index in [9.17, 15) is 9.59 Å². The van der Waals surface area contributed by atoms with Gasteiger partial charge in [-0.05, 0) is 30.0 Å². The van der Waals surface area contributed by atoms with Gasteiger partial charge >= 0.3 is 0 Å². The van der Waals surface area contributed by atoms with Crippen LogP contribution in [0.15, 0.2) is 81.7 Å². The Bertz CT molecular complexity index is 1630. The smallest absolute Gasteiger partial charge is 0.278 e. The van der Waals surface area contributed by atoms with E-state index in [4.69, 9.17) is 4.98 Å². The van der Waals surface area contributed by atoms with Gasteiger partial charge in [-0.1, -0.05) is 62.0 Å². The average molecular weight is 486 g/mol. The average Bonchev–Trinajstić information content (AvgIpc) is 3.19. The van der Waals surface area contributed by atoms with Gasteiger partial charge < -0.3 is 4.57 Å². The van der Waals surface area contributed by atoms with Crippen LogP contribution >= 0.6 is 11.8 Å². The van der Waals surface area contributed by atoms with Crippen LogP contribution in [0.2, 0.25) is 0 Å². The molecule has 0 fully saturated rings. The summed E-state index contributed by atoms with van der Waals surface area (Å²) in [6.07, 6.45) is 4.55. The maximum absolute atomic E-state index is 13.7. The highest BCUT2D eigenvalue weighted by Gasteiger charge is 2.19. The monoisotopic (exact) mass is 485 g/mol. The summed E-state index contributed by atoms with van der Waals surface area (Å²) in [6.45, 7) is 4.87. The number of aromatic nitrogens is 5. The Morgan fingerprint density at radius 2 is 1.77 bits per heavy atom. The molecular formula is C27H27N5O2S. The van der Waals surface area contributed by atoms with Gasteiger partial charge in [0.15, 0.2) is 5.16 Å². The summed E-state index contributed by atoms with van der Waals surface area (Å²) >= 11 is 1.44. The van der Waals surface area contributed by atoms with Crippen molar-refractivity contribution in [1.82, 2.24) is 23.5 Å². The number of nitrogens with zero attached hydrogens (tertiary/aromatic N) is 5. The van der Waals surface area contributed by atoms with Gasteiger partial charge in [-0.3, -0.25) is 18.6 Å². The van der Waals surface area contributed by atoms with E-state index in [-0.39, 0.29) is 11.1 Å². The van der Waals surface area contributed by atoms with E-state index in [2.05, 4.69) is 18.8 Å². The van der Waals surface area contributed by atoms with Crippen molar-refractivity contribution >= 4 is 28.4 Å². The third-order valence-corrected chi connectivity index (χ3v) is 7.04. The maximum Gasteiger partial charge on any atom is 0.278 e. The lowest BCUT2D eigenvalue weighted by atomic mass is 10.1. The van der Waals surface area contributed by atoms with Gasteiger partial charge in [-0.15, -0.1) is 0 Å². The van der Waals surface area contributed by atoms with Crippen LogP contribution in [-0.4, -0.2) is 23.5 Å². The Morgan fingerprint density at radius 3 is 2.54 bits per heavy atom. The molecule has 4 heterocycles. The third-order valence-electron chi connectivity index (χ3n) is 6.03. The fourth-order valence-electron chi connectivity index (χ4n) is 4.19. The Labute approximate surface area is 207 Å². The standard InChI is InChI=1S/C27H27N5O2S/c1-18(2)12-14-32-26(34)25-24(21(16-30(25)3)19-9-5-4-6-10-19)29-27(32)35-17-20-15-23(33)31-13-8-7-11-22(31)28-20/h4-11,13,15-16,18H,12,14,17H2,1-3H3. The van der Waals surface area contributed by atoms with E-state index in [1.165, 1.54) is 16.2 Å². The largest absolute Gasteiger partial charge is 0.344 e. The molecule has 1 aromatic carbocycles. The summed E-state index contributed by atoms with van der Waals surface area (Å²) in [5.74, 6) is 0.888. The molecular weight excluding hydrogens is 458 g/mol. The molecule has 0 aliphatic heterocycles. The molecule has 0 radical (unpaired) electrons. The van der Waals surface area contributed by atoms with Gasteiger partial charge in [0.1, 0.15) is 16.7 Å². The molecule has 0 bridgehead atoms. The van der Waals surface area contributed by atoms with Gasteiger partial charge in [0, 0.05) is 43.4 Å². The van der Waals surface area contributed by atoms with Crippen molar-refractivity contribution in [2.45, 2.75) is 37.7 Å². The lowest BCUT2D eigenvalue weighted by Crippen LogP contribution is -2.25. The van der Waals surface area contributed by atoms with Gasteiger partial charge in [0.05, 0.1) is 5.69 Å². The summed E-state index contributed by atoms with van der Waals surface area (Å²) < 4.78 is 5.17. The molecule has 0 N–H and O–H groups in total. The van der Waals surface area contributed by atoms with Gasteiger partial charge in [-0.2, -0.15) is 0 Å². The Balaban J connectivity index is 1.60. The summed E-state index contributed by atoms with van der Waals surface area (Å²) in [4.78, 5) is 35.9. The van der Waals surface area contributed by atoms with Gasteiger partial charge in [0.2, 0.25) is 0 Å². The molecule has 0 unspecified atom stereocenters. The van der Waals surface area contributed by atoms with Crippen LogP contribution in [0, 0.1) is 5.92 Å². The molecule has 0 saturated carbocycles. The van der Waals surface area contributed by atoms with Crippen LogP contribution in [0.3, 0.4) is 0 Å². The zero-order valence-corrected chi connectivity index (χ0v) is 20.8. The predicted molar refractivity (Wildman–Crippen MR) is 141 cm³/mol. The number of thioether (sulfide) groups is 1. The molecule has 35 heavy (non-hydrogen) atoms. The van der Waals surface area contributed by atoms with Crippen molar-refractivity contribution in [1.29, 1.82) is 0 Å². The quantitative estimate of drug-likeness (QED) is 0.246. The Morgan fingerprint density at radius 1 is 1.00 bits per heavy atom. The second kappa shape index (κ2) is 9.54. The first kappa shape index (κ1) is 23.1. The van der Waals surface area contributed by atoms with E-state index in [1.54, 1.807) is 22.9 Å². The van der Waals surface area contributed by atoms with Crippen molar-refractivity contribution in [3.63, 3.8) is 0 Å². The second-order valence-corrected chi connectivity index (χ2v) is 10.00. The van der Waals surface area contributed by atoms with E-state index in [1.807, 2.05) is 60.3 Å². The number of hydrogen-bond acceptors (Lipinski definition) is 5. The summed E-state index contributed by atoms with van der Waals surface area (Å²) in [5.41, 5.74) is 4.33. The first-order chi connectivity index (χ1) is 16.9. The molecule has 8 heteroatoms. The maximum atomic E-state index is 13.7. The van der Waals surface area contributed by atoms with Crippen LogP contribution in [0.4, 0.5) is 0 Å². The van der Waals surface area contributed by atoms with Crippen LogP contribution in [0.1, 0.15) is 26.0 Å². The lowest BCUT2D eigenvalue weighted by Gasteiger charge is -2.14. The molecule has 178 valence electrons. The second-order valence-electron chi connectivity index (χ2n) is 9.05. The number of aryl methyl sites for hydroxylation is 1. The van der Waals surface area contributed by atoms with Gasteiger partial charge in [-0.25, -0.2) is 9.97 Å². The minimum atomic E-state index is -0.124. The zero-order chi connectivity index (χ0) is 24.5. The van der Waals surface area contributed by atoms with Crippen LogP contribution in [-0.2, 0) is 19.3 Å². The first-order valence-corrected chi connectivity index (χ1v) is 12.7. The van der Waals surface area contributed by atoms with Crippen molar-refractivity contribution in [2.75, 3.05) is 0 Å². The highest BCUT2D eigenvalue weighted by Crippen LogP contribution is 2.30. The summed E-state index contributed by atoms with van der Waals surface area (Å²) in [7, 11) is 1.89. The van der Waals surface area contributed by atoms with Crippen molar-refractivity contribution in [2.24, 2.45) is 13.0 Å². The molecule has 0 spiro atoms. The molecule has 5 aromatic rings. The number of rotatable bonds is 7. The van der Waals surface area contributed by atoms with E-state index in [0.717, 1.165) is 17.5 Å². The van der Waals surface area contributed by atoms with Crippen molar-refractivity contribution in [3.8, 4) is 11.1 Å². The number of benzene rings is 1. The number of pyridine rings is 1. The normalized spacial score (nSPS) is 11.7. The Hall–Kier alpha value is -3.65. The summed E-state index contributed by atoms with van der Waals surface area (Å²) in [5, 5.41) is 0.640. The first-order valence-electron chi connectivity index (χ1n) is 11.7.